The van der Waals surface area contributed by atoms with E-state index in [1.165, 1.54) is 17.8 Å². The molecule has 1 aliphatic rings. The number of carbonyl (C=O) groups excluding carboxylic acids is 2. The smallest absolute Gasteiger partial charge is 0.349 e. The van der Waals surface area contributed by atoms with Gasteiger partial charge in [-0.3, -0.25) is 4.79 Å². The van der Waals surface area contributed by atoms with E-state index in [4.69, 9.17) is 4.74 Å². The van der Waals surface area contributed by atoms with Gasteiger partial charge in [-0.05, 0) is 31.2 Å². The van der Waals surface area contributed by atoms with Crippen molar-refractivity contribution in [2.45, 2.75) is 51.2 Å². The van der Waals surface area contributed by atoms with Gasteiger partial charge < -0.3 is 10.1 Å². The van der Waals surface area contributed by atoms with Crippen LogP contribution in [0.5, 0.6) is 0 Å². The lowest BCUT2D eigenvalue weighted by Gasteiger charge is -2.24. The van der Waals surface area contributed by atoms with Gasteiger partial charge in [0.05, 0.1) is 0 Å². The lowest BCUT2D eigenvalue weighted by atomic mass is 9.95. The summed E-state index contributed by atoms with van der Waals surface area (Å²) in [5.74, 6) is -0.627. The Balaban J connectivity index is 1.80. The molecule has 1 fully saturated rings. The molecule has 0 aliphatic heterocycles. The van der Waals surface area contributed by atoms with Crippen molar-refractivity contribution in [3.05, 3.63) is 22.4 Å². The van der Waals surface area contributed by atoms with Crippen LogP contribution in [0, 0.1) is 0 Å². The molecule has 1 atom stereocenters. The Labute approximate surface area is 117 Å². The summed E-state index contributed by atoms with van der Waals surface area (Å²) in [6.45, 7) is 1.61. The molecule has 19 heavy (non-hydrogen) atoms. The average Bonchev–Trinajstić information content (AvgIpc) is 2.93. The molecular formula is C14H19NO3S. The van der Waals surface area contributed by atoms with Crippen molar-refractivity contribution in [1.82, 2.24) is 5.32 Å². The third kappa shape index (κ3) is 4.06. The van der Waals surface area contributed by atoms with Gasteiger partial charge in [0, 0.05) is 6.04 Å². The molecule has 1 aromatic heterocycles. The van der Waals surface area contributed by atoms with Gasteiger partial charge in [-0.15, -0.1) is 11.3 Å². The SMILES string of the molecule is CC(OC(=O)c1cccs1)C(=O)NC1CCCCC1. The quantitative estimate of drug-likeness (QED) is 0.863. The molecule has 5 heteroatoms. The lowest BCUT2D eigenvalue weighted by Crippen LogP contribution is -2.42. The van der Waals surface area contributed by atoms with E-state index in [0.29, 0.717) is 4.88 Å². The van der Waals surface area contributed by atoms with Crippen molar-refractivity contribution in [3.8, 4) is 0 Å². The van der Waals surface area contributed by atoms with E-state index in [-0.39, 0.29) is 11.9 Å². The molecule has 1 aromatic rings. The Kier molecular flexibility index (Phi) is 4.96. The van der Waals surface area contributed by atoms with Gasteiger partial charge in [0.2, 0.25) is 0 Å². The van der Waals surface area contributed by atoms with E-state index in [1.807, 2.05) is 5.38 Å². The van der Waals surface area contributed by atoms with Crippen LogP contribution in [-0.2, 0) is 9.53 Å². The predicted molar refractivity (Wildman–Crippen MR) is 74.2 cm³/mol. The topological polar surface area (TPSA) is 55.4 Å². The molecule has 2 rings (SSSR count). The number of hydrogen-bond donors (Lipinski definition) is 1. The van der Waals surface area contributed by atoms with Gasteiger partial charge in [-0.25, -0.2) is 4.79 Å². The van der Waals surface area contributed by atoms with Gasteiger partial charge >= 0.3 is 5.97 Å². The van der Waals surface area contributed by atoms with Gasteiger partial charge in [-0.2, -0.15) is 0 Å². The first-order valence-corrected chi connectivity index (χ1v) is 7.59. The van der Waals surface area contributed by atoms with Crippen molar-refractivity contribution in [2.75, 3.05) is 0 Å². The van der Waals surface area contributed by atoms with Gasteiger partial charge in [0.15, 0.2) is 6.10 Å². The Morgan fingerprint density at radius 2 is 2.11 bits per heavy atom. The maximum Gasteiger partial charge on any atom is 0.349 e. The number of ether oxygens (including phenoxy) is 1. The van der Waals surface area contributed by atoms with Crippen LogP contribution < -0.4 is 5.32 Å². The van der Waals surface area contributed by atoms with Crippen molar-refractivity contribution < 1.29 is 14.3 Å². The summed E-state index contributed by atoms with van der Waals surface area (Å²) in [6, 6.07) is 3.72. The summed E-state index contributed by atoms with van der Waals surface area (Å²) < 4.78 is 5.16. The standard InChI is InChI=1S/C14H19NO3S/c1-10(18-14(17)12-8-5-9-19-12)13(16)15-11-6-3-2-4-7-11/h5,8-11H,2-4,6-7H2,1H3,(H,15,16). The molecule has 1 heterocycles. The van der Waals surface area contributed by atoms with Crippen molar-refractivity contribution >= 4 is 23.2 Å². The molecule has 4 nitrogen and oxygen atoms in total. The molecule has 0 radical (unpaired) electrons. The molecule has 104 valence electrons. The van der Waals surface area contributed by atoms with Crippen molar-refractivity contribution in [1.29, 1.82) is 0 Å². The summed E-state index contributed by atoms with van der Waals surface area (Å²) in [5, 5.41) is 4.77. The molecule has 1 amide bonds. The fourth-order valence-electron chi connectivity index (χ4n) is 2.23. The first kappa shape index (κ1) is 14.1. The van der Waals surface area contributed by atoms with Crippen LogP contribution in [0.1, 0.15) is 48.7 Å². The Bertz CT molecular complexity index is 424. The minimum atomic E-state index is -0.739. The number of carbonyl (C=O) groups is 2. The van der Waals surface area contributed by atoms with Gasteiger partial charge in [0.1, 0.15) is 4.88 Å². The second-order valence-electron chi connectivity index (χ2n) is 4.87. The predicted octanol–water partition coefficient (Wildman–Crippen LogP) is 2.74. The van der Waals surface area contributed by atoms with E-state index in [1.54, 1.807) is 19.1 Å². The van der Waals surface area contributed by atoms with Crippen LogP contribution in [0.15, 0.2) is 17.5 Å². The number of thiophene rings is 1. The summed E-state index contributed by atoms with van der Waals surface area (Å²) in [6.07, 6.45) is 4.88. The largest absolute Gasteiger partial charge is 0.448 e. The molecule has 1 unspecified atom stereocenters. The molecule has 1 N–H and O–H groups in total. The number of amides is 1. The molecule has 0 saturated heterocycles. The summed E-state index contributed by atoms with van der Waals surface area (Å²) in [7, 11) is 0. The maximum absolute atomic E-state index is 11.9. The Hall–Kier alpha value is -1.36. The van der Waals surface area contributed by atoms with Crippen molar-refractivity contribution in [3.63, 3.8) is 0 Å². The summed E-state index contributed by atoms with van der Waals surface area (Å²) in [4.78, 5) is 24.2. The minimum Gasteiger partial charge on any atom is -0.448 e. The number of rotatable bonds is 4. The Morgan fingerprint density at radius 3 is 2.74 bits per heavy atom. The van der Waals surface area contributed by atoms with E-state index in [2.05, 4.69) is 5.32 Å². The third-order valence-corrected chi connectivity index (χ3v) is 4.18. The monoisotopic (exact) mass is 281 g/mol. The molecule has 1 saturated carbocycles. The van der Waals surface area contributed by atoms with Crippen LogP contribution >= 0.6 is 11.3 Å². The highest BCUT2D eigenvalue weighted by atomic mass is 32.1. The van der Waals surface area contributed by atoms with Crippen molar-refractivity contribution in [2.24, 2.45) is 0 Å². The lowest BCUT2D eigenvalue weighted by molar-refractivity contribution is -0.130. The second-order valence-corrected chi connectivity index (χ2v) is 5.82. The van der Waals surface area contributed by atoms with E-state index in [0.717, 1.165) is 25.7 Å². The fourth-order valence-corrected chi connectivity index (χ4v) is 2.84. The summed E-state index contributed by atoms with van der Waals surface area (Å²) in [5.41, 5.74) is 0. The zero-order valence-electron chi connectivity index (χ0n) is 11.1. The third-order valence-electron chi connectivity index (χ3n) is 3.33. The number of nitrogens with one attached hydrogen (secondary N) is 1. The zero-order chi connectivity index (χ0) is 13.7. The maximum atomic E-state index is 11.9. The van der Waals surface area contributed by atoms with Crippen LogP contribution in [-0.4, -0.2) is 24.0 Å². The molecule has 1 aliphatic carbocycles. The molecule has 0 aromatic carbocycles. The highest BCUT2D eigenvalue weighted by Gasteiger charge is 2.22. The highest BCUT2D eigenvalue weighted by molar-refractivity contribution is 7.11. The number of esters is 1. The van der Waals surface area contributed by atoms with Crippen LogP contribution in [0.2, 0.25) is 0 Å². The minimum absolute atomic E-state index is 0.197. The Morgan fingerprint density at radius 1 is 1.37 bits per heavy atom. The van der Waals surface area contributed by atoms with Crippen LogP contribution in [0.25, 0.3) is 0 Å². The van der Waals surface area contributed by atoms with Gasteiger partial charge in [0.25, 0.3) is 5.91 Å². The van der Waals surface area contributed by atoms with E-state index < -0.39 is 12.1 Å². The first-order chi connectivity index (χ1) is 9.16. The zero-order valence-corrected chi connectivity index (χ0v) is 11.9. The van der Waals surface area contributed by atoms with Crippen LogP contribution in [0.4, 0.5) is 0 Å². The average molecular weight is 281 g/mol. The van der Waals surface area contributed by atoms with E-state index in [9.17, 15) is 9.59 Å². The summed E-state index contributed by atoms with van der Waals surface area (Å²) >= 11 is 1.31. The van der Waals surface area contributed by atoms with E-state index >= 15 is 0 Å². The molecular weight excluding hydrogens is 262 g/mol. The highest BCUT2D eigenvalue weighted by Crippen LogP contribution is 2.17. The molecule has 0 bridgehead atoms. The number of hydrogen-bond acceptors (Lipinski definition) is 4. The van der Waals surface area contributed by atoms with Gasteiger partial charge in [-0.1, -0.05) is 25.3 Å². The second kappa shape index (κ2) is 6.70. The first-order valence-electron chi connectivity index (χ1n) is 6.71. The molecule has 0 spiro atoms. The normalized spacial score (nSPS) is 17.7. The van der Waals surface area contributed by atoms with Crippen LogP contribution in [0.3, 0.4) is 0 Å². The fraction of sp³-hybridized carbons (Fsp3) is 0.571.